The highest BCUT2D eigenvalue weighted by Crippen LogP contribution is 2.10. The molecule has 2 aromatic rings. The molecule has 0 aliphatic rings. The molecule has 0 bridgehead atoms. The third-order valence-corrected chi connectivity index (χ3v) is 2.07. The van der Waals surface area contributed by atoms with Crippen molar-refractivity contribution in [1.82, 2.24) is 4.98 Å². The Morgan fingerprint density at radius 3 is 2.50 bits per heavy atom. The Balaban J connectivity index is 2.19. The number of pyridine rings is 1. The van der Waals surface area contributed by atoms with Crippen LogP contribution in [0.25, 0.3) is 0 Å². The molecular formula is C12H12N2. The fourth-order valence-electron chi connectivity index (χ4n) is 1.44. The topological polar surface area (TPSA) is 38.9 Å². The number of hydrogen-bond acceptors (Lipinski definition) is 2. The normalized spacial score (nSPS) is 10.0. The lowest BCUT2D eigenvalue weighted by Crippen LogP contribution is -1.92. The van der Waals surface area contributed by atoms with Gasteiger partial charge >= 0.3 is 0 Å². The van der Waals surface area contributed by atoms with Crippen LogP contribution in [0.2, 0.25) is 0 Å². The first kappa shape index (κ1) is 8.75. The summed E-state index contributed by atoms with van der Waals surface area (Å²) in [6, 6.07) is 12.2. The van der Waals surface area contributed by atoms with Gasteiger partial charge < -0.3 is 5.73 Å². The van der Waals surface area contributed by atoms with Crippen molar-refractivity contribution in [3.05, 3.63) is 59.9 Å². The van der Waals surface area contributed by atoms with Gasteiger partial charge in [-0.2, -0.15) is 0 Å². The minimum Gasteiger partial charge on any atom is -0.397 e. The van der Waals surface area contributed by atoms with E-state index in [-0.39, 0.29) is 0 Å². The monoisotopic (exact) mass is 184 g/mol. The van der Waals surface area contributed by atoms with Crippen LogP contribution >= 0.6 is 0 Å². The molecule has 0 saturated heterocycles. The second-order valence-electron chi connectivity index (χ2n) is 3.29. The number of benzene rings is 1. The van der Waals surface area contributed by atoms with E-state index in [4.69, 9.17) is 5.73 Å². The quantitative estimate of drug-likeness (QED) is 0.777. The van der Waals surface area contributed by atoms with Crippen LogP contribution in [0.1, 0.15) is 11.1 Å². The maximum atomic E-state index is 5.65. The van der Waals surface area contributed by atoms with Crippen LogP contribution in [-0.4, -0.2) is 4.98 Å². The van der Waals surface area contributed by atoms with E-state index in [0.717, 1.165) is 17.7 Å². The van der Waals surface area contributed by atoms with Crippen molar-refractivity contribution in [2.24, 2.45) is 0 Å². The van der Waals surface area contributed by atoms with Crippen LogP contribution in [0.15, 0.2) is 48.8 Å². The van der Waals surface area contributed by atoms with E-state index < -0.39 is 0 Å². The minimum absolute atomic E-state index is 0.721. The van der Waals surface area contributed by atoms with Gasteiger partial charge in [0.1, 0.15) is 0 Å². The van der Waals surface area contributed by atoms with Crippen LogP contribution < -0.4 is 5.73 Å². The summed E-state index contributed by atoms with van der Waals surface area (Å²) in [7, 11) is 0. The zero-order valence-corrected chi connectivity index (χ0v) is 7.85. The molecule has 0 fully saturated rings. The smallest absolute Gasteiger partial charge is 0.0503 e. The molecule has 2 nitrogen and oxygen atoms in total. The van der Waals surface area contributed by atoms with Crippen molar-refractivity contribution >= 4 is 5.69 Å². The first-order valence-corrected chi connectivity index (χ1v) is 4.58. The number of anilines is 1. The van der Waals surface area contributed by atoms with Crippen LogP contribution in [0, 0.1) is 0 Å². The molecule has 0 atom stereocenters. The largest absolute Gasteiger partial charge is 0.397 e. The highest BCUT2D eigenvalue weighted by Gasteiger charge is 1.96. The molecule has 0 spiro atoms. The van der Waals surface area contributed by atoms with Crippen LogP contribution in [-0.2, 0) is 6.42 Å². The predicted octanol–water partition coefficient (Wildman–Crippen LogP) is 2.25. The molecular weight excluding hydrogens is 172 g/mol. The minimum atomic E-state index is 0.721. The van der Waals surface area contributed by atoms with Gasteiger partial charge in [-0.3, -0.25) is 4.98 Å². The SMILES string of the molecule is Nc1cncc(Cc2ccccc2)c1. The van der Waals surface area contributed by atoms with E-state index in [2.05, 4.69) is 17.1 Å². The molecule has 0 saturated carbocycles. The van der Waals surface area contributed by atoms with Crippen molar-refractivity contribution < 1.29 is 0 Å². The van der Waals surface area contributed by atoms with Gasteiger partial charge in [-0.05, 0) is 23.6 Å². The zero-order valence-electron chi connectivity index (χ0n) is 7.85. The van der Waals surface area contributed by atoms with Gasteiger partial charge in [0, 0.05) is 12.4 Å². The molecule has 0 unspecified atom stereocenters. The Hall–Kier alpha value is -1.83. The number of aromatic nitrogens is 1. The van der Waals surface area contributed by atoms with Gasteiger partial charge in [0.05, 0.1) is 5.69 Å². The molecule has 14 heavy (non-hydrogen) atoms. The summed E-state index contributed by atoms with van der Waals surface area (Å²) >= 11 is 0. The van der Waals surface area contributed by atoms with Gasteiger partial charge in [0.2, 0.25) is 0 Å². The third kappa shape index (κ3) is 2.10. The average Bonchev–Trinajstić information content (AvgIpc) is 2.19. The molecule has 2 rings (SSSR count). The fourth-order valence-corrected chi connectivity index (χ4v) is 1.44. The number of nitrogens with two attached hydrogens (primary N) is 1. The van der Waals surface area contributed by atoms with Gasteiger partial charge in [-0.1, -0.05) is 30.3 Å². The molecule has 0 aliphatic carbocycles. The summed E-state index contributed by atoms with van der Waals surface area (Å²) < 4.78 is 0. The van der Waals surface area contributed by atoms with Crippen LogP contribution in [0.5, 0.6) is 0 Å². The second kappa shape index (κ2) is 3.92. The van der Waals surface area contributed by atoms with E-state index in [1.54, 1.807) is 6.20 Å². The summed E-state index contributed by atoms with van der Waals surface area (Å²) in [6.45, 7) is 0. The van der Waals surface area contributed by atoms with E-state index in [1.165, 1.54) is 5.56 Å². The molecule has 2 heteroatoms. The van der Waals surface area contributed by atoms with Crippen molar-refractivity contribution in [2.75, 3.05) is 5.73 Å². The molecule has 1 aromatic carbocycles. The Morgan fingerprint density at radius 1 is 1.00 bits per heavy atom. The third-order valence-electron chi connectivity index (χ3n) is 2.07. The van der Waals surface area contributed by atoms with Crippen LogP contribution in [0.3, 0.4) is 0 Å². The summed E-state index contributed by atoms with van der Waals surface area (Å²) in [5.41, 5.74) is 8.80. The number of nitrogen functional groups attached to an aromatic ring is 1. The molecule has 0 amide bonds. The summed E-state index contributed by atoms with van der Waals surface area (Å²) in [6.07, 6.45) is 4.40. The standard InChI is InChI=1S/C12H12N2/c13-12-7-11(8-14-9-12)6-10-4-2-1-3-5-10/h1-5,7-9H,6,13H2. The fraction of sp³-hybridized carbons (Fsp3) is 0.0833. The molecule has 0 radical (unpaired) electrons. The lowest BCUT2D eigenvalue weighted by Gasteiger charge is -2.01. The lowest BCUT2D eigenvalue weighted by atomic mass is 10.1. The summed E-state index contributed by atoms with van der Waals surface area (Å²) in [4.78, 5) is 4.06. The van der Waals surface area contributed by atoms with E-state index in [9.17, 15) is 0 Å². The highest BCUT2D eigenvalue weighted by atomic mass is 14.7. The van der Waals surface area contributed by atoms with E-state index in [1.807, 2.05) is 30.5 Å². The molecule has 70 valence electrons. The number of rotatable bonds is 2. The van der Waals surface area contributed by atoms with Crippen molar-refractivity contribution in [3.8, 4) is 0 Å². The Labute approximate surface area is 83.4 Å². The molecule has 1 heterocycles. The maximum Gasteiger partial charge on any atom is 0.0503 e. The Bertz CT molecular complexity index is 410. The average molecular weight is 184 g/mol. The van der Waals surface area contributed by atoms with Gasteiger partial charge in [-0.25, -0.2) is 0 Å². The van der Waals surface area contributed by atoms with Crippen molar-refractivity contribution in [1.29, 1.82) is 0 Å². The van der Waals surface area contributed by atoms with Crippen molar-refractivity contribution in [3.63, 3.8) is 0 Å². The first-order valence-electron chi connectivity index (χ1n) is 4.58. The summed E-state index contributed by atoms with van der Waals surface area (Å²) in [5, 5.41) is 0. The van der Waals surface area contributed by atoms with Crippen molar-refractivity contribution in [2.45, 2.75) is 6.42 Å². The zero-order chi connectivity index (χ0) is 9.80. The Morgan fingerprint density at radius 2 is 1.79 bits per heavy atom. The lowest BCUT2D eigenvalue weighted by molar-refractivity contribution is 1.15. The summed E-state index contributed by atoms with van der Waals surface area (Å²) in [5.74, 6) is 0. The predicted molar refractivity (Wildman–Crippen MR) is 57.9 cm³/mol. The Kier molecular flexibility index (Phi) is 2.45. The van der Waals surface area contributed by atoms with Gasteiger partial charge in [-0.15, -0.1) is 0 Å². The van der Waals surface area contributed by atoms with E-state index >= 15 is 0 Å². The second-order valence-corrected chi connectivity index (χ2v) is 3.29. The first-order chi connectivity index (χ1) is 6.84. The molecule has 2 N–H and O–H groups in total. The van der Waals surface area contributed by atoms with E-state index in [0.29, 0.717) is 0 Å². The molecule has 1 aromatic heterocycles. The highest BCUT2D eigenvalue weighted by molar-refractivity contribution is 5.38. The number of nitrogens with zero attached hydrogens (tertiary/aromatic N) is 1. The van der Waals surface area contributed by atoms with Gasteiger partial charge in [0.15, 0.2) is 0 Å². The maximum absolute atomic E-state index is 5.65. The van der Waals surface area contributed by atoms with Crippen LogP contribution in [0.4, 0.5) is 5.69 Å². The van der Waals surface area contributed by atoms with Gasteiger partial charge in [0.25, 0.3) is 0 Å². The molecule has 0 aliphatic heterocycles. The number of hydrogen-bond donors (Lipinski definition) is 1.